The third-order valence-electron chi connectivity index (χ3n) is 7.37. The van der Waals surface area contributed by atoms with Crippen molar-refractivity contribution in [2.45, 2.75) is 19.3 Å². The molecule has 0 aliphatic heterocycles. The van der Waals surface area contributed by atoms with E-state index >= 15 is 0 Å². The number of fused-ring (bicyclic) bond motifs is 8. The molecule has 1 heterocycles. The molecule has 0 spiro atoms. The van der Waals surface area contributed by atoms with E-state index in [0.29, 0.717) is 0 Å². The van der Waals surface area contributed by atoms with Gasteiger partial charge in [0, 0.05) is 27.3 Å². The molecule has 1 nitrogen and oxygen atoms in total. The van der Waals surface area contributed by atoms with Gasteiger partial charge in [-0.25, -0.2) is 0 Å². The van der Waals surface area contributed by atoms with Gasteiger partial charge in [0.2, 0.25) is 0 Å². The van der Waals surface area contributed by atoms with E-state index in [1.807, 2.05) is 0 Å². The third-order valence-corrected chi connectivity index (χ3v) is 7.37. The first-order valence-corrected chi connectivity index (χ1v) is 11.3. The molecule has 0 unspecified atom stereocenters. The van der Waals surface area contributed by atoms with Gasteiger partial charge >= 0.3 is 0 Å². The molecule has 1 aliphatic rings. The lowest BCUT2D eigenvalue weighted by Gasteiger charge is -2.22. The topological polar surface area (TPSA) is 4.93 Å². The Morgan fingerprint density at radius 3 is 2.19 bits per heavy atom. The summed E-state index contributed by atoms with van der Waals surface area (Å²) < 4.78 is 2.44. The number of para-hydroxylation sites is 2. The Hall–Kier alpha value is -3.84. The summed E-state index contributed by atoms with van der Waals surface area (Å²) in [6.45, 7) is 4.72. The van der Waals surface area contributed by atoms with Gasteiger partial charge in [-0.2, -0.15) is 0 Å². The van der Waals surface area contributed by atoms with Gasteiger partial charge in [0.15, 0.2) is 0 Å². The highest BCUT2D eigenvalue weighted by molar-refractivity contribution is 6.19. The van der Waals surface area contributed by atoms with Gasteiger partial charge in [0.25, 0.3) is 0 Å². The van der Waals surface area contributed by atoms with Crippen molar-refractivity contribution in [2.24, 2.45) is 0 Å². The van der Waals surface area contributed by atoms with Crippen LogP contribution >= 0.6 is 0 Å². The minimum Gasteiger partial charge on any atom is -0.309 e. The molecule has 5 aromatic carbocycles. The Bertz CT molecular complexity index is 1680. The Kier molecular flexibility index (Phi) is 3.40. The fourth-order valence-corrected chi connectivity index (χ4v) is 5.82. The maximum Gasteiger partial charge on any atom is 0.0619 e. The molecular weight excluding hydrogens is 386 g/mol. The van der Waals surface area contributed by atoms with Crippen LogP contribution in [0.1, 0.15) is 25.0 Å². The van der Waals surface area contributed by atoms with E-state index in [-0.39, 0.29) is 5.41 Å². The molecule has 0 bridgehead atoms. The first-order chi connectivity index (χ1) is 15.6. The lowest BCUT2D eigenvalue weighted by molar-refractivity contribution is 0.661. The standard InChI is InChI=1S/C31H23N/c1-31(2)27-14-8-6-12-22(27)26-18-20-16-17-24-23-13-7-9-15-29(23)32(21-10-4-3-5-11-21)30(24)25(20)19-28(26)31/h3-19H,1-2H3. The van der Waals surface area contributed by atoms with Crippen LogP contribution < -0.4 is 0 Å². The van der Waals surface area contributed by atoms with E-state index in [1.165, 1.54) is 60.5 Å². The highest BCUT2D eigenvalue weighted by atomic mass is 15.0. The maximum absolute atomic E-state index is 2.46. The summed E-state index contributed by atoms with van der Waals surface area (Å²) >= 11 is 0. The van der Waals surface area contributed by atoms with Gasteiger partial charge in [-0.15, -0.1) is 0 Å². The number of rotatable bonds is 1. The molecule has 0 radical (unpaired) electrons. The normalized spacial score (nSPS) is 14.2. The van der Waals surface area contributed by atoms with Crippen molar-refractivity contribution in [2.75, 3.05) is 0 Å². The van der Waals surface area contributed by atoms with Crippen LogP contribution in [0.3, 0.4) is 0 Å². The summed E-state index contributed by atoms with van der Waals surface area (Å²) in [4.78, 5) is 0. The molecule has 1 aliphatic carbocycles. The van der Waals surface area contributed by atoms with Gasteiger partial charge in [-0.05, 0) is 58.0 Å². The summed E-state index contributed by atoms with van der Waals surface area (Å²) in [5, 5.41) is 5.23. The second-order valence-corrected chi connectivity index (χ2v) is 9.44. The number of nitrogens with zero attached hydrogens (tertiary/aromatic N) is 1. The molecule has 32 heavy (non-hydrogen) atoms. The molecule has 0 saturated carbocycles. The third kappa shape index (κ3) is 2.18. The van der Waals surface area contributed by atoms with Crippen LogP contribution in [0.5, 0.6) is 0 Å². The monoisotopic (exact) mass is 409 g/mol. The van der Waals surface area contributed by atoms with Crippen LogP contribution in [0, 0.1) is 0 Å². The summed E-state index contributed by atoms with van der Waals surface area (Å²) in [5.41, 5.74) is 9.33. The molecule has 152 valence electrons. The van der Waals surface area contributed by atoms with Gasteiger partial charge in [-0.3, -0.25) is 0 Å². The van der Waals surface area contributed by atoms with Gasteiger partial charge in [0.05, 0.1) is 11.0 Å². The zero-order valence-electron chi connectivity index (χ0n) is 18.3. The van der Waals surface area contributed by atoms with Crippen LogP contribution in [0.4, 0.5) is 0 Å². The first-order valence-electron chi connectivity index (χ1n) is 11.3. The van der Waals surface area contributed by atoms with E-state index in [0.717, 1.165) is 0 Å². The van der Waals surface area contributed by atoms with Crippen molar-refractivity contribution in [3.05, 3.63) is 114 Å². The Morgan fingerprint density at radius 1 is 0.562 bits per heavy atom. The fraction of sp³-hybridized carbons (Fsp3) is 0.0968. The predicted octanol–water partition coefficient (Wildman–Crippen LogP) is 8.24. The van der Waals surface area contributed by atoms with E-state index < -0.39 is 0 Å². The fourth-order valence-electron chi connectivity index (χ4n) is 5.82. The van der Waals surface area contributed by atoms with Gasteiger partial charge in [-0.1, -0.05) is 86.6 Å². The number of benzene rings is 5. The molecule has 0 fully saturated rings. The molecule has 0 N–H and O–H groups in total. The molecular formula is C31H23N. The Morgan fingerprint density at radius 2 is 1.31 bits per heavy atom. The second-order valence-electron chi connectivity index (χ2n) is 9.44. The molecule has 1 aromatic heterocycles. The largest absolute Gasteiger partial charge is 0.309 e. The van der Waals surface area contributed by atoms with Gasteiger partial charge < -0.3 is 4.57 Å². The number of hydrogen-bond acceptors (Lipinski definition) is 0. The van der Waals surface area contributed by atoms with Crippen LogP contribution in [0.25, 0.3) is 49.4 Å². The van der Waals surface area contributed by atoms with E-state index in [2.05, 4.69) is 122 Å². The lowest BCUT2D eigenvalue weighted by Crippen LogP contribution is -2.14. The summed E-state index contributed by atoms with van der Waals surface area (Å²) in [6.07, 6.45) is 0. The quantitative estimate of drug-likeness (QED) is 0.258. The summed E-state index contributed by atoms with van der Waals surface area (Å²) in [7, 11) is 0. The molecule has 0 atom stereocenters. The summed E-state index contributed by atoms with van der Waals surface area (Å²) in [5.74, 6) is 0. The molecule has 1 heteroatoms. The second kappa shape index (κ2) is 6.11. The van der Waals surface area contributed by atoms with Crippen LogP contribution in [0.15, 0.2) is 103 Å². The maximum atomic E-state index is 2.46. The van der Waals surface area contributed by atoms with Crippen molar-refractivity contribution in [1.82, 2.24) is 4.57 Å². The highest BCUT2D eigenvalue weighted by Gasteiger charge is 2.35. The van der Waals surface area contributed by atoms with Crippen LogP contribution in [0.2, 0.25) is 0 Å². The highest BCUT2D eigenvalue weighted by Crippen LogP contribution is 2.50. The average Bonchev–Trinajstić information content (AvgIpc) is 3.29. The van der Waals surface area contributed by atoms with E-state index in [1.54, 1.807) is 0 Å². The zero-order valence-corrected chi connectivity index (χ0v) is 18.3. The van der Waals surface area contributed by atoms with Crippen molar-refractivity contribution in [1.29, 1.82) is 0 Å². The minimum absolute atomic E-state index is 0.00806. The van der Waals surface area contributed by atoms with Crippen molar-refractivity contribution in [3.8, 4) is 16.8 Å². The first kappa shape index (κ1) is 17.8. The number of hydrogen-bond donors (Lipinski definition) is 0. The van der Waals surface area contributed by atoms with Crippen molar-refractivity contribution in [3.63, 3.8) is 0 Å². The van der Waals surface area contributed by atoms with Gasteiger partial charge in [0.1, 0.15) is 0 Å². The number of aromatic nitrogens is 1. The van der Waals surface area contributed by atoms with E-state index in [4.69, 9.17) is 0 Å². The van der Waals surface area contributed by atoms with Crippen molar-refractivity contribution < 1.29 is 0 Å². The van der Waals surface area contributed by atoms with Crippen LogP contribution in [-0.4, -0.2) is 4.57 Å². The Labute approximate surface area is 187 Å². The smallest absolute Gasteiger partial charge is 0.0619 e. The SMILES string of the molecule is CC1(C)c2ccccc2-c2cc3ccc4c5ccccc5n(-c5ccccc5)c4c3cc21. The van der Waals surface area contributed by atoms with E-state index in [9.17, 15) is 0 Å². The zero-order chi connectivity index (χ0) is 21.4. The summed E-state index contributed by atoms with van der Waals surface area (Å²) in [6, 6.07) is 37.9. The average molecular weight is 410 g/mol. The minimum atomic E-state index is -0.00806. The van der Waals surface area contributed by atoms with Crippen molar-refractivity contribution >= 4 is 32.6 Å². The predicted molar refractivity (Wildman–Crippen MR) is 136 cm³/mol. The lowest BCUT2D eigenvalue weighted by atomic mass is 9.82. The Balaban J connectivity index is 1.67. The van der Waals surface area contributed by atoms with Crippen LogP contribution in [-0.2, 0) is 5.41 Å². The molecule has 0 saturated heterocycles. The molecule has 7 rings (SSSR count). The molecule has 0 amide bonds. The molecule has 6 aromatic rings.